The highest BCUT2D eigenvalue weighted by Crippen LogP contribution is 2.22. The minimum Gasteiger partial charge on any atom is -0.437 e. The Morgan fingerprint density at radius 1 is 1.34 bits per heavy atom. The molecule has 0 bridgehead atoms. The number of carbonyl (C=O) groups is 1. The normalized spacial score (nSPS) is 20.4. The van der Waals surface area contributed by atoms with Gasteiger partial charge in [-0.15, -0.1) is 0 Å². The number of halogens is 2. The van der Waals surface area contributed by atoms with E-state index >= 15 is 0 Å². The van der Waals surface area contributed by atoms with E-state index in [2.05, 4.69) is 15.2 Å². The minimum atomic E-state index is -0.465. The lowest BCUT2D eigenvalue weighted by Crippen LogP contribution is -2.45. The van der Waals surface area contributed by atoms with Gasteiger partial charge in [-0.05, 0) is 25.2 Å². The van der Waals surface area contributed by atoms with Crippen molar-refractivity contribution in [3.63, 3.8) is 0 Å². The standard InChI is InChI=1S/C20H24F2N4O3/c1-25-6-7-28-15(11-25)9-23-19(27)20-24-17-12-26(5-4-18(17)29-20)10-13-8-14(21)2-3-16(13)22/h2-3,8,15H,4-7,9-12H2,1H3,(H,23,27)/t15-/m0/s1. The average Bonchev–Trinajstić information content (AvgIpc) is 3.12. The molecule has 1 amide bonds. The molecule has 9 heteroatoms. The van der Waals surface area contributed by atoms with Crippen molar-refractivity contribution >= 4 is 5.91 Å². The summed E-state index contributed by atoms with van der Waals surface area (Å²) in [6, 6.07) is 3.44. The minimum absolute atomic E-state index is 0.0259. The van der Waals surface area contributed by atoms with Gasteiger partial charge in [0.2, 0.25) is 0 Å². The summed E-state index contributed by atoms with van der Waals surface area (Å²) >= 11 is 0. The molecule has 1 saturated heterocycles. The number of nitrogens with one attached hydrogen (secondary N) is 1. The first-order valence-corrected chi connectivity index (χ1v) is 9.71. The number of ether oxygens (including phenoxy) is 1. The van der Waals surface area contributed by atoms with Crippen LogP contribution < -0.4 is 5.32 Å². The van der Waals surface area contributed by atoms with Crippen LogP contribution in [0.5, 0.6) is 0 Å². The second-order valence-corrected chi connectivity index (χ2v) is 7.55. The topological polar surface area (TPSA) is 70.8 Å². The molecule has 0 aliphatic carbocycles. The van der Waals surface area contributed by atoms with E-state index in [1.807, 2.05) is 11.9 Å². The van der Waals surface area contributed by atoms with E-state index in [0.29, 0.717) is 49.7 Å². The highest BCUT2D eigenvalue weighted by Gasteiger charge is 2.26. The Hall–Kier alpha value is -2.36. The molecule has 2 aromatic rings. The molecule has 1 fully saturated rings. The van der Waals surface area contributed by atoms with Gasteiger partial charge in [-0.2, -0.15) is 0 Å². The van der Waals surface area contributed by atoms with Crippen LogP contribution in [0.15, 0.2) is 22.6 Å². The number of benzene rings is 1. The Bertz CT molecular complexity index is 889. The summed E-state index contributed by atoms with van der Waals surface area (Å²) in [5.41, 5.74) is 0.958. The molecule has 2 aliphatic rings. The number of fused-ring (bicyclic) bond motifs is 1. The van der Waals surface area contributed by atoms with Gasteiger partial charge in [0.15, 0.2) is 0 Å². The van der Waals surface area contributed by atoms with Crippen LogP contribution in [0.25, 0.3) is 0 Å². The van der Waals surface area contributed by atoms with E-state index in [4.69, 9.17) is 9.15 Å². The van der Waals surface area contributed by atoms with Crippen LogP contribution in [0.2, 0.25) is 0 Å². The van der Waals surface area contributed by atoms with Crippen LogP contribution >= 0.6 is 0 Å². The maximum atomic E-state index is 13.9. The number of likely N-dealkylation sites (N-methyl/N-ethyl adjacent to an activating group) is 1. The van der Waals surface area contributed by atoms with Crippen LogP contribution in [0.1, 0.15) is 27.7 Å². The van der Waals surface area contributed by atoms with E-state index < -0.39 is 11.6 Å². The van der Waals surface area contributed by atoms with E-state index in [1.54, 1.807) is 0 Å². The average molecular weight is 406 g/mol. The molecule has 0 unspecified atom stereocenters. The van der Waals surface area contributed by atoms with Crippen molar-refractivity contribution in [3.8, 4) is 0 Å². The summed E-state index contributed by atoms with van der Waals surface area (Å²) in [4.78, 5) is 20.8. The predicted octanol–water partition coefficient (Wildman–Crippen LogP) is 1.57. The zero-order valence-electron chi connectivity index (χ0n) is 16.3. The Balaban J connectivity index is 1.35. The monoisotopic (exact) mass is 406 g/mol. The van der Waals surface area contributed by atoms with Crippen molar-refractivity contribution in [1.82, 2.24) is 20.1 Å². The summed E-state index contributed by atoms with van der Waals surface area (Å²) in [5, 5.41) is 2.81. The molecule has 1 N–H and O–H groups in total. The Morgan fingerprint density at radius 3 is 3.03 bits per heavy atom. The Morgan fingerprint density at radius 2 is 2.21 bits per heavy atom. The van der Waals surface area contributed by atoms with Gasteiger partial charge in [-0.1, -0.05) is 0 Å². The van der Waals surface area contributed by atoms with Crippen LogP contribution in [0.3, 0.4) is 0 Å². The zero-order chi connectivity index (χ0) is 20.4. The quantitative estimate of drug-likeness (QED) is 0.813. The molecule has 1 aromatic heterocycles. The smallest absolute Gasteiger partial charge is 0.307 e. The number of hydrogen-bond acceptors (Lipinski definition) is 6. The fraction of sp³-hybridized carbons (Fsp3) is 0.500. The Kier molecular flexibility index (Phi) is 5.89. The molecule has 156 valence electrons. The molecule has 0 radical (unpaired) electrons. The highest BCUT2D eigenvalue weighted by molar-refractivity contribution is 5.89. The lowest BCUT2D eigenvalue weighted by Gasteiger charge is -2.29. The molecule has 7 nitrogen and oxygen atoms in total. The van der Waals surface area contributed by atoms with Crippen LogP contribution in [-0.4, -0.2) is 66.6 Å². The summed E-state index contributed by atoms with van der Waals surface area (Å²) in [7, 11) is 2.01. The van der Waals surface area contributed by atoms with Gasteiger partial charge in [-0.3, -0.25) is 9.69 Å². The fourth-order valence-electron chi connectivity index (χ4n) is 3.66. The molecule has 4 rings (SSSR count). The first kappa shape index (κ1) is 19.9. The third-order valence-electron chi connectivity index (χ3n) is 5.23. The number of carbonyl (C=O) groups excluding carboxylic acids is 1. The first-order valence-electron chi connectivity index (χ1n) is 9.71. The van der Waals surface area contributed by atoms with E-state index in [1.165, 1.54) is 6.07 Å². The predicted molar refractivity (Wildman–Crippen MR) is 100 cm³/mol. The van der Waals surface area contributed by atoms with Gasteiger partial charge in [0.1, 0.15) is 17.4 Å². The van der Waals surface area contributed by atoms with Gasteiger partial charge >= 0.3 is 5.91 Å². The molecule has 0 spiro atoms. The summed E-state index contributed by atoms with van der Waals surface area (Å²) < 4.78 is 38.6. The largest absolute Gasteiger partial charge is 0.437 e. The molecule has 2 aliphatic heterocycles. The maximum Gasteiger partial charge on any atom is 0.307 e. The third-order valence-corrected chi connectivity index (χ3v) is 5.23. The first-order chi connectivity index (χ1) is 14.0. The number of hydrogen-bond donors (Lipinski definition) is 1. The highest BCUT2D eigenvalue weighted by atomic mass is 19.1. The summed E-state index contributed by atoms with van der Waals surface area (Å²) in [5.74, 6) is -0.586. The van der Waals surface area contributed by atoms with Crippen molar-refractivity contribution < 1.29 is 22.7 Å². The lowest BCUT2D eigenvalue weighted by atomic mass is 10.1. The van der Waals surface area contributed by atoms with Crippen molar-refractivity contribution in [2.24, 2.45) is 0 Å². The number of nitrogens with zero attached hydrogens (tertiary/aromatic N) is 3. The number of aromatic nitrogens is 1. The number of oxazole rings is 1. The lowest BCUT2D eigenvalue weighted by molar-refractivity contribution is -0.0176. The van der Waals surface area contributed by atoms with Crippen molar-refractivity contribution in [3.05, 3.63) is 52.7 Å². The second-order valence-electron chi connectivity index (χ2n) is 7.55. The van der Waals surface area contributed by atoms with Gasteiger partial charge < -0.3 is 19.4 Å². The second kappa shape index (κ2) is 8.56. The van der Waals surface area contributed by atoms with Crippen LogP contribution in [0.4, 0.5) is 8.78 Å². The molecule has 1 aromatic carbocycles. The third kappa shape index (κ3) is 4.80. The van der Waals surface area contributed by atoms with Crippen LogP contribution in [-0.2, 0) is 24.2 Å². The molecule has 1 atom stereocenters. The number of morpholine rings is 1. The number of rotatable bonds is 5. The SMILES string of the molecule is CN1CCO[C@@H](CNC(=O)c2nc3c(o2)CCN(Cc2cc(F)ccc2F)C3)C1. The van der Waals surface area contributed by atoms with Crippen molar-refractivity contribution in [1.29, 1.82) is 0 Å². The molecule has 29 heavy (non-hydrogen) atoms. The van der Waals surface area contributed by atoms with Crippen molar-refractivity contribution in [2.75, 3.05) is 39.8 Å². The van der Waals surface area contributed by atoms with Crippen LogP contribution in [0, 0.1) is 11.6 Å². The maximum absolute atomic E-state index is 13.9. The van der Waals surface area contributed by atoms with Gasteiger partial charge in [0.05, 0.1) is 18.4 Å². The molecular formula is C20H24F2N4O3. The molecular weight excluding hydrogens is 382 g/mol. The van der Waals surface area contributed by atoms with E-state index in [9.17, 15) is 13.6 Å². The van der Waals surface area contributed by atoms with Gasteiger partial charge in [-0.25, -0.2) is 13.8 Å². The van der Waals surface area contributed by atoms with E-state index in [0.717, 1.165) is 25.2 Å². The number of amides is 1. The van der Waals surface area contributed by atoms with E-state index in [-0.39, 0.29) is 24.4 Å². The zero-order valence-corrected chi connectivity index (χ0v) is 16.3. The van der Waals surface area contributed by atoms with Crippen molar-refractivity contribution in [2.45, 2.75) is 25.6 Å². The molecule has 3 heterocycles. The van der Waals surface area contributed by atoms with Gasteiger partial charge in [0.25, 0.3) is 5.89 Å². The Labute approximate surface area is 167 Å². The summed E-state index contributed by atoms with van der Waals surface area (Å²) in [6.07, 6.45) is 0.502. The fourth-order valence-corrected chi connectivity index (χ4v) is 3.66. The van der Waals surface area contributed by atoms with Gasteiger partial charge in [0, 0.05) is 51.3 Å². The summed E-state index contributed by atoms with van der Waals surface area (Å²) in [6.45, 7) is 3.97. The molecule has 0 saturated carbocycles.